The van der Waals surface area contributed by atoms with Gasteiger partial charge in [0.15, 0.2) is 0 Å². The highest BCUT2D eigenvalue weighted by Gasteiger charge is 2.20. The molecule has 1 heterocycles. The second-order valence-electron chi connectivity index (χ2n) is 4.30. The van der Waals surface area contributed by atoms with Gasteiger partial charge in [-0.2, -0.15) is 0 Å². The molecule has 1 saturated heterocycles. The van der Waals surface area contributed by atoms with Crippen LogP contribution in [0.1, 0.15) is 26.7 Å². The minimum atomic E-state index is 0.274. The van der Waals surface area contributed by atoms with Crippen molar-refractivity contribution < 1.29 is 4.79 Å². The Hall–Kier alpha value is -0.570. The van der Waals surface area contributed by atoms with E-state index >= 15 is 0 Å². The molecule has 1 atom stereocenters. The fourth-order valence-electron chi connectivity index (χ4n) is 1.74. The van der Waals surface area contributed by atoms with E-state index in [2.05, 4.69) is 19.2 Å². The molecule has 0 aliphatic carbocycles. The lowest BCUT2D eigenvalue weighted by molar-refractivity contribution is -0.129. The highest BCUT2D eigenvalue weighted by atomic mass is 16.2. The van der Waals surface area contributed by atoms with E-state index < -0.39 is 0 Å². The van der Waals surface area contributed by atoms with Crippen LogP contribution in [0.15, 0.2) is 0 Å². The maximum atomic E-state index is 11.5. The summed E-state index contributed by atoms with van der Waals surface area (Å²) in [4.78, 5) is 13.3. The third-order valence-corrected chi connectivity index (χ3v) is 2.48. The zero-order valence-corrected chi connectivity index (χ0v) is 8.84. The van der Waals surface area contributed by atoms with Crippen LogP contribution in [0.25, 0.3) is 0 Å². The molecule has 0 aromatic carbocycles. The Morgan fingerprint density at radius 2 is 2.31 bits per heavy atom. The van der Waals surface area contributed by atoms with E-state index in [9.17, 15) is 4.79 Å². The number of hydrogen-bond donors (Lipinski definition) is 1. The number of amides is 1. The summed E-state index contributed by atoms with van der Waals surface area (Å²) < 4.78 is 0. The van der Waals surface area contributed by atoms with Crippen LogP contribution in [0.5, 0.6) is 0 Å². The van der Waals surface area contributed by atoms with Crippen LogP contribution in [0.3, 0.4) is 0 Å². The summed E-state index contributed by atoms with van der Waals surface area (Å²) in [6.07, 6.45) is 1.76. The van der Waals surface area contributed by atoms with E-state index in [0.29, 0.717) is 18.4 Å². The number of likely N-dealkylation sites (N-methyl/N-ethyl adjacent to an activating group) is 1. The number of nitrogens with one attached hydrogen (secondary N) is 1. The van der Waals surface area contributed by atoms with Crippen molar-refractivity contribution in [2.24, 2.45) is 5.92 Å². The second kappa shape index (κ2) is 4.61. The van der Waals surface area contributed by atoms with Gasteiger partial charge in [-0.25, -0.2) is 0 Å². The van der Waals surface area contributed by atoms with Crippen LogP contribution in [0.4, 0.5) is 0 Å². The molecule has 1 fully saturated rings. The molecule has 0 bridgehead atoms. The van der Waals surface area contributed by atoms with Crippen molar-refractivity contribution in [1.29, 1.82) is 0 Å². The van der Waals surface area contributed by atoms with E-state index in [1.54, 1.807) is 0 Å². The number of nitrogens with zero attached hydrogens (tertiary/aromatic N) is 1. The first-order valence-electron chi connectivity index (χ1n) is 5.07. The van der Waals surface area contributed by atoms with Gasteiger partial charge >= 0.3 is 0 Å². The normalized spacial score (nSPS) is 25.1. The molecule has 76 valence electrons. The highest BCUT2D eigenvalue weighted by molar-refractivity contribution is 5.76. The second-order valence-corrected chi connectivity index (χ2v) is 4.30. The molecular weight excluding hydrogens is 164 g/mol. The van der Waals surface area contributed by atoms with E-state index in [-0.39, 0.29) is 5.91 Å². The number of carbonyl (C=O) groups excluding carboxylic acids is 1. The molecule has 3 nitrogen and oxygen atoms in total. The molecular formula is C10H20N2O. The Morgan fingerprint density at radius 1 is 1.62 bits per heavy atom. The molecule has 13 heavy (non-hydrogen) atoms. The maximum Gasteiger partial charge on any atom is 0.223 e. The lowest BCUT2D eigenvalue weighted by atomic mass is 10.0. The molecule has 0 radical (unpaired) electrons. The smallest absolute Gasteiger partial charge is 0.223 e. The monoisotopic (exact) mass is 184 g/mol. The predicted octanol–water partition coefficient (Wildman–Crippen LogP) is 0.853. The molecule has 0 spiro atoms. The molecule has 1 unspecified atom stereocenters. The van der Waals surface area contributed by atoms with Crippen molar-refractivity contribution in [3.63, 3.8) is 0 Å². The molecule has 1 rings (SSSR count). The molecule has 1 aliphatic heterocycles. The SMILES string of the molecule is CC(C)CC1CC(=O)N(C)CCN1. The molecule has 0 saturated carbocycles. The predicted molar refractivity (Wildman–Crippen MR) is 53.5 cm³/mol. The zero-order chi connectivity index (χ0) is 9.84. The van der Waals surface area contributed by atoms with E-state index in [1.807, 2.05) is 11.9 Å². The lowest BCUT2D eigenvalue weighted by Gasteiger charge is -2.16. The third-order valence-electron chi connectivity index (χ3n) is 2.48. The van der Waals surface area contributed by atoms with Crippen LogP contribution in [0.2, 0.25) is 0 Å². The van der Waals surface area contributed by atoms with Gasteiger partial charge in [-0.3, -0.25) is 4.79 Å². The quantitative estimate of drug-likeness (QED) is 0.690. The molecule has 3 heteroatoms. The van der Waals surface area contributed by atoms with Crippen molar-refractivity contribution in [1.82, 2.24) is 10.2 Å². The minimum Gasteiger partial charge on any atom is -0.344 e. The highest BCUT2D eigenvalue weighted by Crippen LogP contribution is 2.10. The Kier molecular flexibility index (Phi) is 3.72. The molecule has 1 N–H and O–H groups in total. The zero-order valence-electron chi connectivity index (χ0n) is 8.84. The van der Waals surface area contributed by atoms with Crippen LogP contribution >= 0.6 is 0 Å². The summed E-state index contributed by atoms with van der Waals surface area (Å²) >= 11 is 0. The van der Waals surface area contributed by atoms with Crippen molar-refractivity contribution in [2.45, 2.75) is 32.7 Å². The summed E-state index contributed by atoms with van der Waals surface area (Å²) in [6.45, 7) is 6.16. The van der Waals surface area contributed by atoms with Crippen LogP contribution in [0, 0.1) is 5.92 Å². The summed E-state index contributed by atoms with van der Waals surface area (Å²) in [5.41, 5.74) is 0. The Labute approximate surface area is 80.5 Å². The summed E-state index contributed by atoms with van der Waals surface area (Å²) in [5.74, 6) is 0.935. The molecule has 1 amide bonds. The Balaban J connectivity index is 2.44. The van der Waals surface area contributed by atoms with Gasteiger partial charge < -0.3 is 10.2 Å². The third kappa shape index (κ3) is 3.35. The van der Waals surface area contributed by atoms with Gasteiger partial charge in [-0.15, -0.1) is 0 Å². The maximum absolute atomic E-state index is 11.5. The van der Waals surface area contributed by atoms with Gasteiger partial charge in [-0.1, -0.05) is 13.8 Å². The topological polar surface area (TPSA) is 32.3 Å². The van der Waals surface area contributed by atoms with Gasteiger partial charge in [0.1, 0.15) is 0 Å². The van der Waals surface area contributed by atoms with Gasteiger partial charge in [0, 0.05) is 32.6 Å². The van der Waals surface area contributed by atoms with E-state index in [4.69, 9.17) is 0 Å². The average Bonchev–Trinajstić information content (AvgIpc) is 2.14. The van der Waals surface area contributed by atoms with Crippen molar-refractivity contribution in [2.75, 3.05) is 20.1 Å². The fourth-order valence-corrected chi connectivity index (χ4v) is 1.74. The fraction of sp³-hybridized carbons (Fsp3) is 0.900. The van der Waals surface area contributed by atoms with Crippen molar-refractivity contribution in [3.8, 4) is 0 Å². The van der Waals surface area contributed by atoms with E-state index in [0.717, 1.165) is 19.5 Å². The number of carbonyl (C=O) groups is 1. The Bertz CT molecular complexity index is 180. The van der Waals surface area contributed by atoms with E-state index in [1.165, 1.54) is 0 Å². The van der Waals surface area contributed by atoms with Crippen molar-refractivity contribution >= 4 is 5.91 Å². The largest absolute Gasteiger partial charge is 0.344 e. The summed E-state index contributed by atoms with van der Waals surface area (Å²) in [6, 6.07) is 0.387. The van der Waals surface area contributed by atoms with Gasteiger partial charge in [-0.05, 0) is 12.3 Å². The van der Waals surface area contributed by atoms with Crippen LogP contribution in [-0.2, 0) is 4.79 Å². The van der Waals surface area contributed by atoms with Crippen LogP contribution < -0.4 is 5.32 Å². The Morgan fingerprint density at radius 3 is 2.92 bits per heavy atom. The standard InChI is InChI=1S/C10H20N2O/c1-8(2)6-9-7-10(13)12(3)5-4-11-9/h8-9,11H,4-7H2,1-3H3. The van der Waals surface area contributed by atoms with Gasteiger partial charge in [0.05, 0.1) is 0 Å². The summed E-state index contributed by atoms with van der Waals surface area (Å²) in [7, 11) is 1.88. The first kappa shape index (κ1) is 10.5. The average molecular weight is 184 g/mol. The van der Waals surface area contributed by atoms with Gasteiger partial charge in [0.2, 0.25) is 5.91 Å². The number of rotatable bonds is 2. The molecule has 0 aromatic heterocycles. The number of hydrogen-bond acceptors (Lipinski definition) is 2. The first-order valence-corrected chi connectivity index (χ1v) is 5.07. The summed E-state index contributed by atoms with van der Waals surface area (Å²) in [5, 5.41) is 3.41. The van der Waals surface area contributed by atoms with Crippen molar-refractivity contribution in [3.05, 3.63) is 0 Å². The lowest BCUT2D eigenvalue weighted by Crippen LogP contribution is -2.31. The van der Waals surface area contributed by atoms with Gasteiger partial charge in [0.25, 0.3) is 0 Å². The first-order chi connectivity index (χ1) is 6.09. The molecule has 0 aromatic rings. The van der Waals surface area contributed by atoms with Crippen LogP contribution in [-0.4, -0.2) is 37.0 Å². The molecule has 1 aliphatic rings. The minimum absolute atomic E-state index is 0.274.